The first-order valence-electron chi connectivity index (χ1n) is 10.9. The molecule has 0 bridgehead atoms. The molecule has 5 rings (SSSR count). The first kappa shape index (κ1) is 22.4. The van der Waals surface area contributed by atoms with E-state index in [1.54, 1.807) is 18.2 Å². The van der Waals surface area contributed by atoms with Crippen molar-refractivity contribution in [1.82, 2.24) is 14.9 Å². The van der Waals surface area contributed by atoms with Crippen molar-refractivity contribution in [3.05, 3.63) is 70.2 Å². The van der Waals surface area contributed by atoms with E-state index in [0.717, 1.165) is 10.4 Å². The normalized spacial score (nSPS) is 13.1. The number of ether oxygens (including phenoxy) is 2. The van der Waals surface area contributed by atoms with Crippen molar-refractivity contribution in [2.45, 2.75) is 12.8 Å². The average Bonchev–Trinajstić information content (AvgIpc) is 3.58. The Balaban J connectivity index is 1.38. The summed E-state index contributed by atoms with van der Waals surface area (Å²) in [6.45, 7) is 0.595. The van der Waals surface area contributed by atoms with E-state index in [-0.39, 0.29) is 18.1 Å². The van der Waals surface area contributed by atoms with Gasteiger partial charge in [-0.2, -0.15) is 0 Å². The fourth-order valence-corrected chi connectivity index (χ4v) is 4.72. The standard InChI is InChI=1S/C25H22ClN3O4S/c1-32-21-10-18(8-9-20(21)33-13-23(30)27-12-15-2-3-15)29-14-28-19-11-22(34-24(19)25(29)31)16-4-6-17(26)7-5-16/h4-11,14-15H,2-3,12-13H2,1H3,(H,27,30). The summed E-state index contributed by atoms with van der Waals surface area (Å²) in [6, 6.07) is 14.5. The highest BCUT2D eigenvalue weighted by Gasteiger charge is 2.21. The molecule has 0 saturated heterocycles. The van der Waals surface area contributed by atoms with Gasteiger partial charge >= 0.3 is 0 Å². The number of carbonyl (C=O) groups is 1. The molecule has 2 aromatic carbocycles. The molecule has 2 heterocycles. The van der Waals surface area contributed by atoms with Gasteiger partial charge in [0.1, 0.15) is 11.0 Å². The molecule has 174 valence electrons. The summed E-state index contributed by atoms with van der Waals surface area (Å²) in [7, 11) is 1.51. The number of carbonyl (C=O) groups excluding carboxylic acids is 1. The van der Waals surface area contributed by atoms with Gasteiger partial charge in [0.05, 0.1) is 18.3 Å². The molecule has 1 N–H and O–H groups in total. The lowest BCUT2D eigenvalue weighted by Gasteiger charge is -2.13. The maximum atomic E-state index is 13.2. The van der Waals surface area contributed by atoms with E-state index in [4.69, 9.17) is 21.1 Å². The third-order valence-electron chi connectivity index (χ3n) is 5.64. The quantitative estimate of drug-likeness (QED) is 0.384. The van der Waals surface area contributed by atoms with Crippen LogP contribution in [0.4, 0.5) is 0 Å². The van der Waals surface area contributed by atoms with Crippen LogP contribution in [0.2, 0.25) is 5.02 Å². The molecule has 0 aliphatic heterocycles. The maximum absolute atomic E-state index is 13.2. The van der Waals surface area contributed by atoms with Crippen molar-refractivity contribution in [3.63, 3.8) is 0 Å². The van der Waals surface area contributed by atoms with Crippen LogP contribution in [0.15, 0.2) is 59.7 Å². The second kappa shape index (κ2) is 9.48. The molecule has 0 spiro atoms. The number of nitrogens with zero attached hydrogens (tertiary/aromatic N) is 2. The van der Waals surface area contributed by atoms with Crippen molar-refractivity contribution in [1.29, 1.82) is 0 Å². The Hall–Kier alpha value is -3.36. The molecule has 1 aliphatic carbocycles. The number of methoxy groups -OCH3 is 1. The second-order valence-electron chi connectivity index (χ2n) is 8.12. The van der Waals surface area contributed by atoms with E-state index in [0.29, 0.717) is 44.9 Å². The number of thiophene rings is 1. The summed E-state index contributed by atoms with van der Waals surface area (Å²) >= 11 is 7.38. The number of nitrogens with one attached hydrogen (secondary N) is 1. The van der Waals surface area contributed by atoms with Crippen LogP contribution >= 0.6 is 22.9 Å². The molecule has 1 amide bonds. The fraction of sp³-hybridized carbons (Fsp3) is 0.240. The van der Waals surface area contributed by atoms with Crippen LogP contribution in [0.5, 0.6) is 11.5 Å². The molecule has 9 heteroatoms. The fourth-order valence-electron chi connectivity index (χ4n) is 3.55. The number of benzene rings is 2. The molecule has 0 unspecified atom stereocenters. The Morgan fingerprint density at radius 1 is 1.18 bits per heavy atom. The van der Waals surface area contributed by atoms with Gasteiger partial charge in [-0.15, -0.1) is 11.3 Å². The van der Waals surface area contributed by atoms with Crippen molar-refractivity contribution in [2.24, 2.45) is 5.92 Å². The van der Waals surface area contributed by atoms with Gasteiger partial charge in [-0.25, -0.2) is 4.98 Å². The smallest absolute Gasteiger partial charge is 0.275 e. The Morgan fingerprint density at radius 3 is 2.71 bits per heavy atom. The zero-order chi connectivity index (χ0) is 23.7. The predicted molar refractivity (Wildman–Crippen MR) is 133 cm³/mol. The highest BCUT2D eigenvalue weighted by Crippen LogP contribution is 2.33. The predicted octanol–water partition coefficient (Wildman–Crippen LogP) is 4.68. The molecule has 4 aromatic rings. The van der Waals surface area contributed by atoms with Gasteiger partial charge in [-0.1, -0.05) is 23.7 Å². The van der Waals surface area contributed by atoms with Crippen molar-refractivity contribution in [3.8, 4) is 27.6 Å². The molecule has 34 heavy (non-hydrogen) atoms. The first-order valence-corrected chi connectivity index (χ1v) is 12.1. The maximum Gasteiger partial charge on any atom is 0.275 e. The molecule has 2 aromatic heterocycles. The third-order valence-corrected chi connectivity index (χ3v) is 7.05. The Bertz CT molecular complexity index is 1410. The molecule has 1 fully saturated rings. The van der Waals surface area contributed by atoms with Crippen LogP contribution in [-0.2, 0) is 4.79 Å². The Labute approximate surface area is 204 Å². The number of halogens is 1. The van der Waals surface area contributed by atoms with Crippen LogP contribution in [-0.4, -0.2) is 35.7 Å². The number of amides is 1. The third kappa shape index (κ3) is 4.78. The molecule has 0 radical (unpaired) electrons. The average molecular weight is 496 g/mol. The molecule has 7 nitrogen and oxygen atoms in total. The molecular weight excluding hydrogens is 474 g/mol. The van der Waals surface area contributed by atoms with E-state index < -0.39 is 0 Å². The van der Waals surface area contributed by atoms with E-state index in [1.165, 1.54) is 42.2 Å². The molecular formula is C25H22ClN3O4S. The van der Waals surface area contributed by atoms with E-state index in [9.17, 15) is 9.59 Å². The first-order chi connectivity index (χ1) is 16.5. The lowest BCUT2D eigenvalue weighted by atomic mass is 10.2. The van der Waals surface area contributed by atoms with Crippen LogP contribution in [0.3, 0.4) is 0 Å². The highest BCUT2D eigenvalue weighted by molar-refractivity contribution is 7.22. The number of rotatable bonds is 8. The lowest BCUT2D eigenvalue weighted by molar-refractivity contribution is -0.123. The largest absolute Gasteiger partial charge is 0.493 e. The van der Waals surface area contributed by atoms with Crippen LogP contribution in [0, 0.1) is 5.92 Å². The van der Waals surface area contributed by atoms with Gasteiger partial charge in [0, 0.05) is 22.5 Å². The van der Waals surface area contributed by atoms with E-state index in [2.05, 4.69) is 10.3 Å². The summed E-state index contributed by atoms with van der Waals surface area (Å²) in [6.07, 6.45) is 3.85. The van der Waals surface area contributed by atoms with Gasteiger partial charge in [-0.05, 0) is 54.7 Å². The van der Waals surface area contributed by atoms with Crippen molar-refractivity contribution in [2.75, 3.05) is 20.3 Å². The molecule has 1 saturated carbocycles. The van der Waals surface area contributed by atoms with Crippen LogP contribution in [0.1, 0.15) is 12.8 Å². The van der Waals surface area contributed by atoms with Gasteiger partial charge in [0.25, 0.3) is 11.5 Å². The summed E-state index contributed by atoms with van der Waals surface area (Å²) in [4.78, 5) is 30.7. The Kier molecular flexibility index (Phi) is 6.26. The minimum absolute atomic E-state index is 0.0987. The summed E-state index contributed by atoms with van der Waals surface area (Å²) < 4.78 is 13.1. The number of hydrogen-bond donors (Lipinski definition) is 1. The second-order valence-corrected chi connectivity index (χ2v) is 9.61. The highest BCUT2D eigenvalue weighted by atomic mass is 35.5. The van der Waals surface area contributed by atoms with Gasteiger partial charge in [-0.3, -0.25) is 14.2 Å². The topological polar surface area (TPSA) is 82.5 Å². The number of fused-ring (bicyclic) bond motifs is 1. The van der Waals surface area contributed by atoms with E-state index in [1.807, 2.05) is 30.3 Å². The van der Waals surface area contributed by atoms with Crippen molar-refractivity contribution < 1.29 is 14.3 Å². The molecule has 1 aliphatic rings. The zero-order valence-electron chi connectivity index (χ0n) is 18.4. The number of hydrogen-bond acceptors (Lipinski definition) is 6. The van der Waals surface area contributed by atoms with Crippen LogP contribution in [0.25, 0.3) is 26.3 Å². The summed E-state index contributed by atoms with van der Waals surface area (Å²) in [5.41, 5.74) is 2.02. The lowest BCUT2D eigenvalue weighted by Crippen LogP contribution is -2.30. The van der Waals surface area contributed by atoms with E-state index >= 15 is 0 Å². The van der Waals surface area contributed by atoms with Gasteiger partial charge in [0.2, 0.25) is 0 Å². The van der Waals surface area contributed by atoms with Gasteiger partial charge in [0.15, 0.2) is 18.1 Å². The van der Waals surface area contributed by atoms with Gasteiger partial charge < -0.3 is 14.8 Å². The minimum atomic E-state index is -0.176. The van der Waals surface area contributed by atoms with Crippen LogP contribution < -0.4 is 20.3 Å². The zero-order valence-corrected chi connectivity index (χ0v) is 20.0. The minimum Gasteiger partial charge on any atom is -0.493 e. The summed E-state index contributed by atoms with van der Waals surface area (Å²) in [5.74, 6) is 1.29. The summed E-state index contributed by atoms with van der Waals surface area (Å²) in [5, 5.41) is 3.52. The van der Waals surface area contributed by atoms with Crippen molar-refractivity contribution >= 4 is 39.1 Å². The SMILES string of the molecule is COc1cc(-n2cnc3cc(-c4ccc(Cl)cc4)sc3c2=O)ccc1OCC(=O)NCC1CC1. The Morgan fingerprint density at radius 2 is 1.97 bits per heavy atom. The number of aromatic nitrogens is 2. The monoisotopic (exact) mass is 495 g/mol. The molecule has 0 atom stereocenters.